The summed E-state index contributed by atoms with van der Waals surface area (Å²) in [6.07, 6.45) is 14.2. The lowest BCUT2D eigenvalue weighted by molar-refractivity contribution is 0.0115. The van der Waals surface area contributed by atoms with E-state index in [4.69, 9.17) is 5.73 Å². The number of rotatable bonds is 1. The van der Waals surface area contributed by atoms with Crippen molar-refractivity contribution in [1.29, 1.82) is 0 Å². The van der Waals surface area contributed by atoms with Crippen molar-refractivity contribution in [1.82, 2.24) is 4.90 Å². The molecule has 0 amide bonds. The Morgan fingerprint density at radius 1 is 0.765 bits per heavy atom. The largest absolute Gasteiger partial charge is 0.328 e. The van der Waals surface area contributed by atoms with E-state index in [0.717, 1.165) is 18.0 Å². The third-order valence-corrected chi connectivity index (χ3v) is 5.50. The van der Waals surface area contributed by atoms with E-state index < -0.39 is 0 Å². The minimum absolute atomic E-state index is 0.498. The summed E-state index contributed by atoms with van der Waals surface area (Å²) >= 11 is 0. The first-order valence-electron chi connectivity index (χ1n) is 7.86. The minimum Gasteiger partial charge on any atom is -0.328 e. The van der Waals surface area contributed by atoms with Gasteiger partial charge in [-0.05, 0) is 63.8 Å². The zero-order chi connectivity index (χ0) is 11.7. The molecule has 3 fully saturated rings. The van der Waals surface area contributed by atoms with E-state index in [1.54, 1.807) is 0 Å². The molecule has 2 heteroatoms. The van der Waals surface area contributed by atoms with Crippen molar-refractivity contribution in [3.63, 3.8) is 0 Å². The lowest BCUT2D eigenvalue weighted by Crippen LogP contribution is -2.53. The van der Waals surface area contributed by atoms with Crippen molar-refractivity contribution in [3.05, 3.63) is 0 Å². The van der Waals surface area contributed by atoms with Crippen molar-refractivity contribution in [2.24, 2.45) is 11.7 Å². The fraction of sp³-hybridized carbons (Fsp3) is 1.00. The van der Waals surface area contributed by atoms with Gasteiger partial charge in [-0.2, -0.15) is 0 Å². The molecule has 2 unspecified atom stereocenters. The van der Waals surface area contributed by atoms with E-state index in [1.807, 2.05) is 0 Å². The maximum Gasteiger partial charge on any atom is 0.0126 e. The van der Waals surface area contributed by atoms with E-state index in [-0.39, 0.29) is 0 Å². The van der Waals surface area contributed by atoms with E-state index >= 15 is 0 Å². The smallest absolute Gasteiger partial charge is 0.0126 e. The molecule has 1 heterocycles. The van der Waals surface area contributed by atoms with Gasteiger partial charge < -0.3 is 5.73 Å². The molecule has 0 aromatic carbocycles. The standard InChI is InChI=1S/C15H28N2/c16-13-7-9-14(10-8-13)17-11-3-5-12-4-1-2-6-15(12)17/h12-15H,1-11,16H2. The summed E-state index contributed by atoms with van der Waals surface area (Å²) in [5.74, 6) is 1.04. The molecule has 2 saturated carbocycles. The second-order valence-corrected chi connectivity index (χ2v) is 6.56. The van der Waals surface area contributed by atoms with Crippen molar-refractivity contribution < 1.29 is 0 Å². The molecule has 2 aliphatic carbocycles. The Kier molecular flexibility index (Phi) is 3.72. The van der Waals surface area contributed by atoms with Crippen LogP contribution in [0, 0.1) is 5.92 Å². The molecule has 0 aromatic rings. The quantitative estimate of drug-likeness (QED) is 0.758. The molecule has 2 N–H and O–H groups in total. The van der Waals surface area contributed by atoms with Crippen LogP contribution < -0.4 is 5.73 Å². The van der Waals surface area contributed by atoms with Crippen LogP contribution in [0.5, 0.6) is 0 Å². The van der Waals surface area contributed by atoms with Crippen LogP contribution >= 0.6 is 0 Å². The molecular formula is C15H28N2. The summed E-state index contributed by atoms with van der Waals surface area (Å²) in [6, 6.07) is 2.32. The topological polar surface area (TPSA) is 29.3 Å². The summed E-state index contributed by atoms with van der Waals surface area (Å²) in [6.45, 7) is 1.38. The highest BCUT2D eigenvalue weighted by Gasteiger charge is 2.37. The van der Waals surface area contributed by atoms with Gasteiger partial charge >= 0.3 is 0 Å². The Balaban J connectivity index is 1.64. The zero-order valence-electron chi connectivity index (χ0n) is 11.1. The molecule has 0 radical (unpaired) electrons. The predicted octanol–water partition coefficient (Wildman–Crippen LogP) is 2.91. The number of nitrogens with zero attached hydrogens (tertiary/aromatic N) is 1. The Hall–Kier alpha value is -0.0800. The van der Waals surface area contributed by atoms with Crippen molar-refractivity contribution in [2.75, 3.05) is 6.54 Å². The van der Waals surface area contributed by atoms with Crippen LogP contribution in [0.3, 0.4) is 0 Å². The van der Waals surface area contributed by atoms with E-state index in [1.165, 1.54) is 70.8 Å². The molecule has 3 aliphatic rings. The molecule has 0 spiro atoms. The molecule has 17 heavy (non-hydrogen) atoms. The van der Waals surface area contributed by atoms with Crippen molar-refractivity contribution in [2.45, 2.75) is 82.3 Å². The number of nitrogens with two attached hydrogens (primary N) is 1. The monoisotopic (exact) mass is 236 g/mol. The van der Waals surface area contributed by atoms with Crippen LogP contribution in [0.1, 0.15) is 64.2 Å². The zero-order valence-corrected chi connectivity index (χ0v) is 11.1. The summed E-state index contributed by atoms with van der Waals surface area (Å²) in [5, 5.41) is 0. The van der Waals surface area contributed by atoms with Crippen LogP contribution in [0.2, 0.25) is 0 Å². The summed E-state index contributed by atoms with van der Waals surface area (Å²) in [7, 11) is 0. The first-order valence-corrected chi connectivity index (χ1v) is 7.86. The maximum atomic E-state index is 6.04. The van der Waals surface area contributed by atoms with Crippen LogP contribution in [-0.4, -0.2) is 29.6 Å². The Morgan fingerprint density at radius 3 is 2.29 bits per heavy atom. The number of piperidine rings is 1. The molecule has 1 aliphatic heterocycles. The lowest BCUT2D eigenvalue weighted by atomic mass is 9.76. The highest BCUT2D eigenvalue weighted by Crippen LogP contribution is 2.38. The molecule has 0 aromatic heterocycles. The summed E-state index contributed by atoms with van der Waals surface area (Å²) in [4.78, 5) is 2.90. The van der Waals surface area contributed by atoms with Gasteiger partial charge in [0.05, 0.1) is 0 Å². The van der Waals surface area contributed by atoms with Gasteiger partial charge in [-0.15, -0.1) is 0 Å². The highest BCUT2D eigenvalue weighted by molar-refractivity contribution is 4.92. The maximum absolute atomic E-state index is 6.04. The highest BCUT2D eigenvalue weighted by atomic mass is 15.2. The van der Waals surface area contributed by atoms with Gasteiger partial charge in [-0.3, -0.25) is 4.90 Å². The third kappa shape index (κ3) is 2.53. The van der Waals surface area contributed by atoms with Crippen molar-refractivity contribution in [3.8, 4) is 0 Å². The normalized spacial score (nSPS) is 44.3. The molecule has 0 bridgehead atoms. The van der Waals surface area contributed by atoms with E-state index in [2.05, 4.69) is 4.90 Å². The lowest BCUT2D eigenvalue weighted by Gasteiger charge is -2.49. The van der Waals surface area contributed by atoms with Crippen LogP contribution in [-0.2, 0) is 0 Å². The van der Waals surface area contributed by atoms with Crippen LogP contribution in [0.25, 0.3) is 0 Å². The first-order chi connectivity index (χ1) is 8.34. The Morgan fingerprint density at radius 2 is 1.47 bits per heavy atom. The summed E-state index contributed by atoms with van der Waals surface area (Å²) < 4.78 is 0. The van der Waals surface area contributed by atoms with Gasteiger partial charge in [-0.25, -0.2) is 0 Å². The Labute approximate surface area is 106 Å². The second kappa shape index (κ2) is 5.27. The van der Waals surface area contributed by atoms with Gasteiger partial charge in [0.25, 0.3) is 0 Å². The summed E-state index contributed by atoms with van der Waals surface area (Å²) in [5.41, 5.74) is 6.04. The average molecular weight is 236 g/mol. The van der Waals surface area contributed by atoms with Gasteiger partial charge in [0.2, 0.25) is 0 Å². The average Bonchev–Trinajstić information content (AvgIpc) is 2.39. The molecule has 2 nitrogen and oxygen atoms in total. The van der Waals surface area contributed by atoms with Crippen LogP contribution in [0.4, 0.5) is 0 Å². The number of hydrogen-bond donors (Lipinski definition) is 1. The second-order valence-electron chi connectivity index (χ2n) is 6.56. The van der Waals surface area contributed by atoms with Crippen LogP contribution in [0.15, 0.2) is 0 Å². The molecule has 2 atom stereocenters. The predicted molar refractivity (Wildman–Crippen MR) is 71.9 cm³/mol. The first kappa shape index (κ1) is 12.0. The van der Waals surface area contributed by atoms with Gasteiger partial charge in [-0.1, -0.05) is 12.8 Å². The fourth-order valence-electron chi connectivity index (χ4n) is 4.55. The van der Waals surface area contributed by atoms with Crippen molar-refractivity contribution >= 4 is 0 Å². The van der Waals surface area contributed by atoms with Gasteiger partial charge in [0.15, 0.2) is 0 Å². The third-order valence-electron chi connectivity index (χ3n) is 5.50. The van der Waals surface area contributed by atoms with E-state index in [0.29, 0.717) is 6.04 Å². The molecule has 98 valence electrons. The molecule has 1 saturated heterocycles. The minimum atomic E-state index is 0.498. The number of fused-ring (bicyclic) bond motifs is 1. The number of likely N-dealkylation sites (tertiary alicyclic amines) is 1. The van der Waals surface area contributed by atoms with Gasteiger partial charge in [0.1, 0.15) is 0 Å². The molecule has 3 rings (SSSR count). The molecular weight excluding hydrogens is 208 g/mol. The van der Waals surface area contributed by atoms with E-state index in [9.17, 15) is 0 Å². The SMILES string of the molecule is NC1CCC(N2CCCC3CCCCC32)CC1. The Bertz CT molecular complexity index is 243. The number of hydrogen-bond acceptors (Lipinski definition) is 2. The van der Waals surface area contributed by atoms with Gasteiger partial charge in [0, 0.05) is 18.1 Å². The fourth-order valence-corrected chi connectivity index (χ4v) is 4.55.